The van der Waals surface area contributed by atoms with Crippen LogP contribution in [-0.4, -0.2) is 99.1 Å². The Balaban J connectivity index is 1.60. The van der Waals surface area contributed by atoms with Gasteiger partial charge in [-0.2, -0.15) is 0 Å². The number of hydrogen-bond donors (Lipinski definition) is 0. The van der Waals surface area contributed by atoms with Crippen LogP contribution in [0.25, 0.3) is 0 Å². The van der Waals surface area contributed by atoms with Gasteiger partial charge in [0.05, 0.1) is 0 Å². The second-order valence-electron chi connectivity index (χ2n) is 6.35. The van der Waals surface area contributed by atoms with Crippen molar-refractivity contribution in [1.29, 1.82) is 0 Å². The van der Waals surface area contributed by atoms with Gasteiger partial charge < -0.3 is 19.6 Å². The van der Waals surface area contributed by atoms with Crippen molar-refractivity contribution in [2.24, 2.45) is 0 Å². The molecule has 0 bridgehead atoms. The third-order valence-corrected chi connectivity index (χ3v) is 4.57. The average molecular weight is 268 g/mol. The van der Waals surface area contributed by atoms with E-state index in [9.17, 15) is 0 Å². The highest BCUT2D eigenvalue weighted by atomic mass is 15.2. The molecule has 4 heteroatoms. The monoisotopic (exact) mass is 268 g/mol. The minimum atomic E-state index is 1.24. The van der Waals surface area contributed by atoms with E-state index in [4.69, 9.17) is 0 Å². The zero-order chi connectivity index (χ0) is 13.5. The van der Waals surface area contributed by atoms with Crippen LogP contribution in [0.4, 0.5) is 0 Å². The largest absolute Gasteiger partial charge is 0.305 e. The Bertz CT molecular complexity index is 222. The summed E-state index contributed by atoms with van der Waals surface area (Å²) in [4.78, 5) is 10.2. The van der Waals surface area contributed by atoms with Crippen LogP contribution in [0.1, 0.15) is 19.3 Å². The molecule has 0 saturated carbocycles. The van der Waals surface area contributed by atoms with Gasteiger partial charge in [-0.05, 0) is 72.6 Å². The van der Waals surface area contributed by atoms with Crippen LogP contribution in [0.3, 0.4) is 0 Å². The summed E-state index contributed by atoms with van der Waals surface area (Å²) >= 11 is 0. The second kappa shape index (κ2) is 8.20. The molecule has 0 aromatic heterocycles. The van der Waals surface area contributed by atoms with Gasteiger partial charge in [0, 0.05) is 26.2 Å². The highest BCUT2D eigenvalue weighted by Crippen LogP contribution is 2.05. The van der Waals surface area contributed by atoms with Crippen molar-refractivity contribution in [1.82, 2.24) is 19.6 Å². The molecule has 0 spiro atoms. The fourth-order valence-corrected chi connectivity index (χ4v) is 3.17. The molecule has 0 aliphatic carbocycles. The first-order valence-electron chi connectivity index (χ1n) is 8.06. The Morgan fingerprint density at radius 1 is 0.579 bits per heavy atom. The molecule has 0 radical (unpaired) electrons. The van der Waals surface area contributed by atoms with Gasteiger partial charge in [0.25, 0.3) is 0 Å². The lowest BCUT2D eigenvalue weighted by Crippen LogP contribution is -2.34. The highest BCUT2D eigenvalue weighted by Gasteiger charge is 2.14. The maximum atomic E-state index is 2.66. The lowest BCUT2D eigenvalue weighted by molar-refractivity contribution is 0.231. The van der Waals surface area contributed by atoms with E-state index in [-0.39, 0.29) is 0 Å². The Morgan fingerprint density at radius 3 is 1.53 bits per heavy atom. The summed E-state index contributed by atoms with van der Waals surface area (Å²) in [5.41, 5.74) is 0. The molecule has 2 heterocycles. The predicted molar refractivity (Wildman–Crippen MR) is 81.7 cm³/mol. The Hall–Kier alpha value is -0.160. The number of nitrogens with zero attached hydrogens (tertiary/aromatic N) is 4. The van der Waals surface area contributed by atoms with E-state index in [2.05, 4.69) is 33.7 Å². The van der Waals surface area contributed by atoms with Crippen LogP contribution < -0.4 is 0 Å². The molecular formula is C15H32N4. The average Bonchev–Trinajstić information content (AvgIpc) is 2.71. The van der Waals surface area contributed by atoms with E-state index in [0.29, 0.717) is 0 Å². The predicted octanol–water partition coefficient (Wildman–Crippen LogP) is 0.652. The fraction of sp³-hybridized carbons (Fsp3) is 1.00. The third-order valence-electron chi connectivity index (χ3n) is 4.57. The first kappa shape index (κ1) is 15.2. The van der Waals surface area contributed by atoms with Gasteiger partial charge in [0.1, 0.15) is 0 Å². The van der Waals surface area contributed by atoms with Gasteiger partial charge in [0.2, 0.25) is 0 Å². The lowest BCUT2D eigenvalue weighted by Gasteiger charge is -2.23. The van der Waals surface area contributed by atoms with Crippen molar-refractivity contribution in [3.63, 3.8) is 0 Å². The maximum Gasteiger partial charge on any atom is 0.0109 e. The molecule has 2 fully saturated rings. The molecule has 0 N–H and O–H groups in total. The molecular weight excluding hydrogens is 236 g/mol. The third kappa shape index (κ3) is 5.78. The molecule has 2 saturated heterocycles. The SMILES string of the molecule is CN1CCCN(CCCN2CCCN(C)CC2)CC1. The van der Waals surface area contributed by atoms with Gasteiger partial charge in [-0.1, -0.05) is 0 Å². The van der Waals surface area contributed by atoms with E-state index >= 15 is 0 Å². The molecule has 19 heavy (non-hydrogen) atoms. The van der Waals surface area contributed by atoms with E-state index in [0.717, 1.165) is 0 Å². The Morgan fingerprint density at radius 2 is 1.05 bits per heavy atom. The van der Waals surface area contributed by atoms with Crippen molar-refractivity contribution in [2.75, 3.05) is 79.5 Å². The first-order valence-corrected chi connectivity index (χ1v) is 8.06. The highest BCUT2D eigenvalue weighted by molar-refractivity contribution is 4.70. The number of rotatable bonds is 4. The van der Waals surface area contributed by atoms with Crippen LogP contribution in [0.15, 0.2) is 0 Å². The van der Waals surface area contributed by atoms with Crippen molar-refractivity contribution in [2.45, 2.75) is 19.3 Å². The summed E-state index contributed by atoms with van der Waals surface area (Å²) < 4.78 is 0. The smallest absolute Gasteiger partial charge is 0.0109 e. The second-order valence-corrected chi connectivity index (χ2v) is 6.35. The summed E-state index contributed by atoms with van der Waals surface area (Å²) in [5, 5.41) is 0. The van der Waals surface area contributed by atoms with Gasteiger partial charge in [-0.15, -0.1) is 0 Å². The normalized spacial score (nSPS) is 26.2. The van der Waals surface area contributed by atoms with E-state index in [1.54, 1.807) is 0 Å². The number of hydrogen-bond acceptors (Lipinski definition) is 4. The minimum absolute atomic E-state index is 1.24. The van der Waals surface area contributed by atoms with Crippen LogP contribution >= 0.6 is 0 Å². The Kier molecular flexibility index (Phi) is 6.57. The van der Waals surface area contributed by atoms with Crippen LogP contribution in [0.5, 0.6) is 0 Å². The fourth-order valence-electron chi connectivity index (χ4n) is 3.17. The molecule has 4 nitrogen and oxygen atoms in total. The van der Waals surface area contributed by atoms with E-state index < -0.39 is 0 Å². The van der Waals surface area contributed by atoms with Gasteiger partial charge in [0.15, 0.2) is 0 Å². The van der Waals surface area contributed by atoms with Gasteiger partial charge in [-0.25, -0.2) is 0 Å². The summed E-state index contributed by atoms with van der Waals surface area (Å²) in [6, 6.07) is 0. The van der Waals surface area contributed by atoms with Gasteiger partial charge >= 0.3 is 0 Å². The summed E-state index contributed by atoms with van der Waals surface area (Å²) in [7, 11) is 4.49. The summed E-state index contributed by atoms with van der Waals surface area (Å²) in [6.07, 6.45) is 4.02. The molecule has 0 aromatic carbocycles. The molecule has 2 rings (SSSR count). The van der Waals surface area contributed by atoms with Crippen LogP contribution in [-0.2, 0) is 0 Å². The molecule has 112 valence electrons. The van der Waals surface area contributed by atoms with Crippen molar-refractivity contribution < 1.29 is 0 Å². The van der Waals surface area contributed by atoms with Crippen molar-refractivity contribution in [3.05, 3.63) is 0 Å². The summed E-state index contributed by atoms with van der Waals surface area (Å²) in [5.74, 6) is 0. The van der Waals surface area contributed by atoms with Crippen LogP contribution in [0.2, 0.25) is 0 Å². The molecule has 0 atom stereocenters. The Labute approximate surface area is 119 Å². The standard InChI is InChI=1S/C15H32N4/c1-16-6-3-8-18(14-12-16)10-5-11-19-9-4-7-17(2)13-15-19/h3-15H2,1-2H3. The molecule has 0 unspecified atom stereocenters. The quantitative estimate of drug-likeness (QED) is 0.742. The molecule has 2 aliphatic rings. The zero-order valence-electron chi connectivity index (χ0n) is 13.0. The first-order chi connectivity index (χ1) is 9.24. The van der Waals surface area contributed by atoms with Crippen LogP contribution in [0, 0.1) is 0 Å². The number of likely N-dealkylation sites (N-methyl/N-ethyl adjacent to an activating group) is 2. The topological polar surface area (TPSA) is 13.0 Å². The lowest BCUT2D eigenvalue weighted by atomic mass is 10.3. The van der Waals surface area contributed by atoms with Crippen molar-refractivity contribution in [3.8, 4) is 0 Å². The maximum absolute atomic E-state index is 2.66. The van der Waals surface area contributed by atoms with E-state index in [1.807, 2.05) is 0 Å². The molecule has 0 amide bonds. The molecule has 2 aliphatic heterocycles. The van der Waals surface area contributed by atoms with Crippen molar-refractivity contribution >= 4 is 0 Å². The summed E-state index contributed by atoms with van der Waals surface area (Å²) in [6.45, 7) is 12.7. The minimum Gasteiger partial charge on any atom is -0.305 e. The zero-order valence-corrected chi connectivity index (χ0v) is 13.0. The van der Waals surface area contributed by atoms with E-state index in [1.165, 1.54) is 84.7 Å². The van der Waals surface area contributed by atoms with Gasteiger partial charge in [-0.3, -0.25) is 0 Å². The molecule has 0 aromatic rings.